The molecule has 0 fully saturated rings. The number of rotatable bonds is 14. The quantitative estimate of drug-likeness (QED) is 0.0440. The molecule has 7 N–H and O–H groups in total. The maximum absolute atomic E-state index is 12.5. The topological polar surface area (TPSA) is 283 Å². The van der Waals surface area contributed by atoms with E-state index in [0.717, 1.165) is 12.1 Å². The maximum Gasteiger partial charge on any atom is 0.316 e. The van der Waals surface area contributed by atoms with Crippen molar-refractivity contribution in [2.75, 3.05) is 28.9 Å². The molecule has 0 unspecified atom stereocenters. The van der Waals surface area contributed by atoms with Crippen LogP contribution in [0.2, 0.25) is 0 Å². The van der Waals surface area contributed by atoms with Crippen molar-refractivity contribution in [2.45, 2.75) is 9.79 Å². The molecule has 0 bridgehead atoms. The number of hydrogen-bond acceptors (Lipinski definition) is 15. The zero-order valence-corrected chi connectivity index (χ0v) is 21.9. The smallest absolute Gasteiger partial charge is 0.316 e. The lowest BCUT2D eigenvalue weighted by molar-refractivity contribution is -0.434. The average molecular weight is 618 g/mol. The number of carbonyl (C=O) groups excluding carboxylic acids is 1. The zero-order chi connectivity index (χ0) is 28.6. The number of anilines is 2. The maximum atomic E-state index is 12.5. The fourth-order valence-corrected chi connectivity index (χ4v) is 5.06. The van der Waals surface area contributed by atoms with E-state index < -0.39 is 69.8 Å². The summed E-state index contributed by atoms with van der Waals surface area (Å²) < 4.78 is 97.6. The Morgan fingerprint density at radius 2 is 1.66 bits per heavy atom. The zero-order valence-electron chi connectivity index (χ0n) is 18.6. The number of nitrogens with one attached hydrogen (secondary N) is 2. The molecule has 2 rings (SSSR count). The van der Waals surface area contributed by atoms with Crippen LogP contribution in [0, 0.1) is 0 Å². The van der Waals surface area contributed by atoms with E-state index >= 15 is 0 Å². The van der Waals surface area contributed by atoms with Gasteiger partial charge in [-0.1, -0.05) is 5.04 Å². The number of amides is 2. The molecule has 2 aromatic carbocycles. The lowest BCUT2D eigenvalue weighted by Crippen LogP contribution is -2.19. The van der Waals surface area contributed by atoms with Gasteiger partial charge < -0.3 is 16.4 Å². The van der Waals surface area contributed by atoms with Gasteiger partial charge in [0.2, 0.25) is 0 Å². The summed E-state index contributed by atoms with van der Waals surface area (Å²) in [4.78, 5) is 9.92. The number of nitrogens with two attached hydrogens (primary N) is 1. The molecule has 38 heavy (non-hydrogen) atoms. The largest absolute Gasteiger partial charge is 0.370 e. The molecule has 2 aromatic rings. The molecular weight excluding hydrogens is 598 g/mol. The molecule has 0 aliphatic rings. The van der Waals surface area contributed by atoms with E-state index in [1.165, 1.54) is 18.2 Å². The third-order valence-electron chi connectivity index (χ3n) is 4.09. The molecule has 210 valence electrons. The van der Waals surface area contributed by atoms with Crippen LogP contribution in [0.1, 0.15) is 0 Å². The predicted octanol–water partition coefficient (Wildman–Crippen LogP) is 1.87. The lowest BCUT2D eigenvalue weighted by atomic mass is 10.2. The molecule has 0 saturated heterocycles. The second-order valence-corrected chi connectivity index (χ2v) is 12.2. The number of azo groups is 1. The number of hydrogen-bond donors (Lipinski definition) is 6. The Bertz CT molecular complexity index is 1510. The first kappa shape index (κ1) is 31.3. The highest BCUT2D eigenvalue weighted by Gasteiger charge is 2.22. The Hall–Kier alpha value is -2.93. The molecule has 2 amide bonds. The summed E-state index contributed by atoms with van der Waals surface area (Å²) in [6, 6.07) is 5.22. The van der Waals surface area contributed by atoms with E-state index in [4.69, 9.17) is 15.5 Å². The molecule has 22 heteroatoms. The monoisotopic (exact) mass is 617 g/mol. The summed E-state index contributed by atoms with van der Waals surface area (Å²) in [7, 11) is -13.5. The lowest BCUT2D eigenvalue weighted by Gasteiger charge is -2.10. The first-order valence-electron chi connectivity index (χ1n) is 9.54. The van der Waals surface area contributed by atoms with Gasteiger partial charge in [0.05, 0.1) is 22.9 Å². The highest BCUT2D eigenvalue weighted by atomic mass is 32.2. The summed E-state index contributed by atoms with van der Waals surface area (Å²) in [5.41, 5.74) is 4.52. The minimum Gasteiger partial charge on any atom is -0.370 e. The molecule has 0 aliphatic heterocycles. The fourth-order valence-electron chi connectivity index (χ4n) is 2.55. The van der Waals surface area contributed by atoms with Crippen LogP contribution in [-0.2, 0) is 43.6 Å². The molecule has 0 spiro atoms. The Morgan fingerprint density at radius 3 is 2.26 bits per heavy atom. The summed E-state index contributed by atoms with van der Waals surface area (Å²) in [5.74, 6) is -1.51. The van der Waals surface area contributed by atoms with Crippen molar-refractivity contribution in [3.63, 3.8) is 0 Å². The minimum absolute atomic E-state index is 0.108. The molecule has 18 nitrogen and oxygen atoms in total. The van der Waals surface area contributed by atoms with E-state index in [0.29, 0.717) is 6.07 Å². The van der Waals surface area contributed by atoms with Gasteiger partial charge in [0.1, 0.15) is 22.1 Å². The SMILES string of the molecule is NC(=O)Nc1cc(NCS(=O)(=O)O)ccc1/N=N/c1ccc(S(=O)(=O)CCOSOOO)cc1S(=O)(=O)O. The second kappa shape index (κ2) is 13.2. The predicted molar refractivity (Wildman–Crippen MR) is 131 cm³/mol. The number of benzene rings is 2. The van der Waals surface area contributed by atoms with Crippen molar-refractivity contribution >= 4 is 71.2 Å². The van der Waals surface area contributed by atoms with E-state index in [1.54, 1.807) is 0 Å². The Labute approximate surface area is 219 Å². The van der Waals surface area contributed by atoms with Crippen molar-refractivity contribution in [1.82, 2.24) is 0 Å². The number of primary amides is 1. The highest BCUT2D eigenvalue weighted by Crippen LogP contribution is 2.33. The van der Waals surface area contributed by atoms with Crippen molar-refractivity contribution in [3.8, 4) is 0 Å². The van der Waals surface area contributed by atoms with Gasteiger partial charge in [-0.25, -0.2) is 18.5 Å². The highest BCUT2D eigenvalue weighted by molar-refractivity contribution is 7.91. The van der Waals surface area contributed by atoms with E-state index in [9.17, 15) is 34.6 Å². The standard InChI is InChI=1S/C16H19N5O13S4/c17-16(22)19-14-7-10(18-9-37(26,27)28)1-3-12(14)20-21-13-4-2-11(8-15(13)38(29,30)31)36(24,25)6-5-32-35-34-33-23/h1-4,7-8,18,23H,5-6,9H2,(H3,17,19,22)(H,26,27,28)(H,29,30,31)/b21-20+. The van der Waals surface area contributed by atoms with Gasteiger partial charge in [-0.15, -0.1) is 14.6 Å². The Morgan fingerprint density at radius 1 is 1.00 bits per heavy atom. The summed E-state index contributed by atoms with van der Waals surface area (Å²) in [6.45, 7) is -0.455. The van der Waals surface area contributed by atoms with E-state index in [1.807, 2.05) is 0 Å². The third-order valence-corrected chi connectivity index (χ3v) is 7.54. The van der Waals surface area contributed by atoms with Crippen LogP contribution in [0.25, 0.3) is 0 Å². The normalized spacial score (nSPS) is 12.5. The second-order valence-electron chi connectivity index (χ2n) is 6.78. The van der Waals surface area contributed by atoms with Crippen LogP contribution < -0.4 is 16.4 Å². The molecule has 0 heterocycles. The number of nitrogens with zero attached hydrogens (tertiary/aromatic N) is 2. The van der Waals surface area contributed by atoms with Gasteiger partial charge in [-0.05, 0) is 36.4 Å². The molecule has 0 saturated carbocycles. The Balaban J connectivity index is 2.39. The van der Waals surface area contributed by atoms with Crippen LogP contribution >= 0.6 is 12.3 Å². The van der Waals surface area contributed by atoms with Gasteiger partial charge in [0.25, 0.3) is 20.2 Å². The van der Waals surface area contributed by atoms with Crippen molar-refractivity contribution in [3.05, 3.63) is 36.4 Å². The van der Waals surface area contributed by atoms with Gasteiger partial charge >= 0.3 is 6.03 Å². The van der Waals surface area contributed by atoms with Crippen molar-refractivity contribution in [1.29, 1.82) is 0 Å². The molecule has 0 aliphatic carbocycles. The van der Waals surface area contributed by atoms with Crippen LogP contribution in [0.4, 0.5) is 27.5 Å². The van der Waals surface area contributed by atoms with Gasteiger partial charge in [-0.2, -0.15) is 16.8 Å². The summed E-state index contributed by atoms with van der Waals surface area (Å²) in [6.07, 6.45) is 0. The van der Waals surface area contributed by atoms with Crippen molar-refractivity contribution < 1.29 is 58.0 Å². The van der Waals surface area contributed by atoms with Gasteiger partial charge in [0, 0.05) is 5.69 Å². The molecule has 0 radical (unpaired) electrons. The molecule has 0 atom stereocenters. The molecular formula is C16H19N5O13S4. The number of carbonyl (C=O) groups is 1. The van der Waals surface area contributed by atoms with E-state index in [2.05, 4.69) is 34.4 Å². The van der Waals surface area contributed by atoms with Crippen molar-refractivity contribution in [2.24, 2.45) is 16.0 Å². The van der Waals surface area contributed by atoms with Crippen LogP contribution in [-0.4, -0.2) is 63.9 Å². The average Bonchev–Trinajstić information content (AvgIpc) is 2.80. The molecule has 0 aromatic heterocycles. The fraction of sp³-hybridized carbons (Fsp3) is 0.188. The van der Waals surface area contributed by atoms with Crippen LogP contribution in [0.5, 0.6) is 0 Å². The minimum atomic E-state index is -5.01. The number of urea groups is 1. The van der Waals surface area contributed by atoms with Crippen LogP contribution in [0.15, 0.2) is 56.4 Å². The van der Waals surface area contributed by atoms with Crippen LogP contribution in [0.3, 0.4) is 0 Å². The first-order valence-corrected chi connectivity index (χ1v) is 14.9. The van der Waals surface area contributed by atoms with Gasteiger partial charge in [-0.3, -0.25) is 13.3 Å². The summed E-state index contributed by atoms with van der Waals surface area (Å²) in [5, 5.41) is 23.3. The number of sulfone groups is 1. The Kier molecular flexibility index (Phi) is 10.9. The first-order chi connectivity index (χ1) is 17.6. The van der Waals surface area contributed by atoms with Gasteiger partial charge in [0.15, 0.2) is 22.2 Å². The third kappa shape index (κ3) is 10.1. The summed E-state index contributed by atoms with van der Waals surface area (Å²) >= 11 is 0.137. The van der Waals surface area contributed by atoms with E-state index in [-0.39, 0.29) is 29.4 Å².